The predicted octanol–water partition coefficient (Wildman–Crippen LogP) is 0.154. The van der Waals surface area contributed by atoms with E-state index in [9.17, 15) is 9.59 Å². The summed E-state index contributed by atoms with van der Waals surface area (Å²) in [6.45, 7) is 2.22. The van der Waals surface area contributed by atoms with Gasteiger partial charge >= 0.3 is 12.0 Å². The molecule has 2 aliphatic rings. The van der Waals surface area contributed by atoms with Crippen molar-refractivity contribution < 1.29 is 19.4 Å². The molecule has 2 aliphatic heterocycles. The first-order valence-electron chi connectivity index (χ1n) is 7.05. The Labute approximate surface area is 121 Å². The topological polar surface area (TPSA) is 96.7 Å². The molecule has 2 atom stereocenters. The van der Waals surface area contributed by atoms with E-state index < -0.39 is 5.97 Å². The third-order valence-corrected chi connectivity index (χ3v) is 3.83. The number of aromatic nitrogens is 2. The molecule has 21 heavy (non-hydrogen) atoms. The van der Waals surface area contributed by atoms with Crippen molar-refractivity contribution in [3.8, 4) is 0 Å². The van der Waals surface area contributed by atoms with Crippen LogP contribution in [0.2, 0.25) is 0 Å². The number of carbonyl (C=O) groups is 2. The van der Waals surface area contributed by atoms with Gasteiger partial charge in [0.15, 0.2) is 5.69 Å². The molecule has 2 N–H and O–H groups in total. The van der Waals surface area contributed by atoms with Crippen molar-refractivity contribution in [2.45, 2.75) is 31.6 Å². The first kappa shape index (κ1) is 13.9. The molecule has 2 unspecified atom stereocenters. The van der Waals surface area contributed by atoms with Crippen LogP contribution in [0, 0.1) is 0 Å². The summed E-state index contributed by atoms with van der Waals surface area (Å²) in [6.07, 6.45) is 5.32. The number of likely N-dealkylation sites (tertiary alicyclic amines) is 1. The molecule has 0 spiro atoms. The van der Waals surface area contributed by atoms with Gasteiger partial charge in [-0.15, -0.1) is 0 Å². The van der Waals surface area contributed by atoms with Gasteiger partial charge in [0.1, 0.15) is 0 Å². The van der Waals surface area contributed by atoms with Crippen LogP contribution in [0.4, 0.5) is 4.79 Å². The number of amides is 2. The fraction of sp³-hybridized carbons (Fsp3) is 0.615. The molecule has 0 radical (unpaired) electrons. The van der Waals surface area contributed by atoms with E-state index in [-0.39, 0.29) is 23.9 Å². The van der Waals surface area contributed by atoms with Crippen molar-refractivity contribution in [2.24, 2.45) is 0 Å². The Morgan fingerprint density at radius 2 is 2.10 bits per heavy atom. The van der Waals surface area contributed by atoms with Crippen molar-refractivity contribution in [3.63, 3.8) is 0 Å². The molecule has 2 fully saturated rings. The molecule has 2 saturated heterocycles. The number of carbonyl (C=O) groups excluding carboxylic acids is 1. The SMILES string of the molecule is O=C(O)c1cn(CCNC(=O)N2CC3CCC(C2)O3)cn1. The van der Waals surface area contributed by atoms with Crippen LogP contribution in [0.5, 0.6) is 0 Å². The fourth-order valence-electron chi connectivity index (χ4n) is 2.78. The summed E-state index contributed by atoms with van der Waals surface area (Å²) in [6, 6.07) is -0.0891. The molecule has 0 aromatic carbocycles. The Kier molecular flexibility index (Phi) is 3.78. The first-order chi connectivity index (χ1) is 10.1. The van der Waals surface area contributed by atoms with Crippen LogP contribution < -0.4 is 5.32 Å². The van der Waals surface area contributed by atoms with E-state index in [1.54, 1.807) is 9.47 Å². The van der Waals surface area contributed by atoms with Crippen LogP contribution in [0.1, 0.15) is 23.3 Å². The molecular formula is C13H18N4O4. The second-order valence-electron chi connectivity index (χ2n) is 5.40. The lowest BCUT2D eigenvalue weighted by Crippen LogP contribution is -2.50. The minimum absolute atomic E-state index is 0.00563. The van der Waals surface area contributed by atoms with Crippen LogP contribution in [-0.4, -0.2) is 63.4 Å². The maximum atomic E-state index is 12.1. The van der Waals surface area contributed by atoms with Crippen molar-refractivity contribution in [2.75, 3.05) is 19.6 Å². The average molecular weight is 294 g/mol. The molecule has 3 heterocycles. The molecule has 2 amide bonds. The average Bonchev–Trinajstić information content (AvgIpc) is 3.05. The minimum Gasteiger partial charge on any atom is -0.476 e. The zero-order valence-electron chi connectivity index (χ0n) is 11.6. The number of carboxylic acid groups (broad SMARTS) is 1. The van der Waals surface area contributed by atoms with E-state index >= 15 is 0 Å². The number of ether oxygens (including phenoxy) is 1. The van der Waals surface area contributed by atoms with Gasteiger partial charge in [0, 0.05) is 32.4 Å². The summed E-state index contributed by atoms with van der Waals surface area (Å²) in [7, 11) is 0. The van der Waals surface area contributed by atoms with Crippen LogP contribution in [0.3, 0.4) is 0 Å². The summed E-state index contributed by atoms with van der Waals surface area (Å²) >= 11 is 0. The monoisotopic (exact) mass is 294 g/mol. The van der Waals surface area contributed by atoms with E-state index in [0.29, 0.717) is 26.2 Å². The standard InChI is InChI=1S/C13H18N4O4/c18-12(19)11-7-16(8-15-11)4-3-14-13(20)17-5-9-1-2-10(6-17)21-9/h7-10H,1-6H2,(H,14,20)(H,18,19). The van der Waals surface area contributed by atoms with Crippen molar-refractivity contribution in [1.29, 1.82) is 0 Å². The Bertz CT molecular complexity index is 532. The van der Waals surface area contributed by atoms with Gasteiger partial charge in [-0.05, 0) is 12.8 Å². The lowest BCUT2D eigenvalue weighted by Gasteiger charge is -2.32. The Morgan fingerprint density at radius 1 is 1.38 bits per heavy atom. The molecule has 1 aromatic heterocycles. The van der Waals surface area contributed by atoms with Crippen LogP contribution in [0.15, 0.2) is 12.5 Å². The summed E-state index contributed by atoms with van der Waals surface area (Å²) < 4.78 is 7.33. The zero-order chi connectivity index (χ0) is 14.8. The number of aromatic carboxylic acids is 1. The van der Waals surface area contributed by atoms with Gasteiger partial charge in [0.05, 0.1) is 18.5 Å². The number of nitrogens with one attached hydrogen (secondary N) is 1. The number of imidazole rings is 1. The number of hydrogen-bond donors (Lipinski definition) is 2. The third-order valence-electron chi connectivity index (χ3n) is 3.83. The molecule has 3 rings (SSSR count). The smallest absolute Gasteiger partial charge is 0.356 e. The van der Waals surface area contributed by atoms with E-state index in [2.05, 4.69) is 10.3 Å². The molecule has 8 heteroatoms. The molecule has 0 aliphatic carbocycles. The summed E-state index contributed by atoms with van der Waals surface area (Å²) in [5.74, 6) is -1.05. The zero-order valence-corrected chi connectivity index (χ0v) is 11.6. The second-order valence-corrected chi connectivity index (χ2v) is 5.40. The quantitative estimate of drug-likeness (QED) is 0.824. The molecular weight excluding hydrogens is 276 g/mol. The minimum atomic E-state index is -1.05. The fourth-order valence-corrected chi connectivity index (χ4v) is 2.78. The highest BCUT2D eigenvalue weighted by molar-refractivity contribution is 5.84. The number of nitrogens with zero attached hydrogens (tertiary/aromatic N) is 3. The highest BCUT2D eigenvalue weighted by Crippen LogP contribution is 2.25. The molecule has 8 nitrogen and oxygen atoms in total. The van der Waals surface area contributed by atoms with Crippen molar-refractivity contribution >= 4 is 12.0 Å². The summed E-state index contributed by atoms with van der Waals surface area (Å²) in [4.78, 5) is 28.3. The van der Waals surface area contributed by atoms with E-state index in [1.165, 1.54) is 12.5 Å². The number of carboxylic acids is 1. The lowest BCUT2D eigenvalue weighted by atomic mass is 10.2. The van der Waals surface area contributed by atoms with Gasteiger partial charge in [0.2, 0.25) is 0 Å². The predicted molar refractivity (Wildman–Crippen MR) is 72.1 cm³/mol. The molecule has 1 aromatic rings. The largest absolute Gasteiger partial charge is 0.476 e. The van der Waals surface area contributed by atoms with Crippen LogP contribution in [-0.2, 0) is 11.3 Å². The Hall–Kier alpha value is -2.09. The van der Waals surface area contributed by atoms with E-state index in [4.69, 9.17) is 9.84 Å². The number of urea groups is 1. The summed E-state index contributed by atoms with van der Waals surface area (Å²) in [5, 5.41) is 11.6. The van der Waals surface area contributed by atoms with Gasteiger partial charge in [-0.25, -0.2) is 14.6 Å². The number of hydrogen-bond acceptors (Lipinski definition) is 4. The third kappa shape index (κ3) is 3.15. The van der Waals surface area contributed by atoms with E-state index in [0.717, 1.165) is 12.8 Å². The Morgan fingerprint density at radius 3 is 2.71 bits per heavy atom. The van der Waals surface area contributed by atoms with Gasteiger partial charge < -0.3 is 24.6 Å². The molecule has 0 saturated carbocycles. The number of rotatable bonds is 4. The number of fused-ring (bicyclic) bond motifs is 2. The van der Waals surface area contributed by atoms with Gasteiger partial charge in [-0.2, -0.15) is 0 Å². The van der Waals surface area contributed by atoms with Crippen molar-refractivity contribution in [1.82, 2.24) is 19.8 Å². The molecule has 114 valence electrons. The lowest BCUT2D eigenvalue weighted by molar-refractivity contribution is -0.0238. The van der Waals surface area contributed by atoms with Crippen molar-refractivity contribution in [3.05, 3.63) is 18.2 Å². The van der Waals surface area contributed by atoms with Gasteiger partial charge in [0.25, 0.3) is 0 Å². The second kappa shape index (κ2) is 5.72. The summed E-state index contributed by atoms with van der Waals surface area (Å²) in [5.41, 5.74) is 0.00563. The Balaban J connectivity index is 1.44. The maximum absolute atomic E-state index is 12.1. The van der Waals surface area contributed by atoms with Gasteiger partial charge in [-0.3, -0.25) is 0 Å². The highest BCUT2D eigenvalue weighted by atomic mass is 16.5. The molecule has 2 bridgehead atoms. The number of morpholine rings is 1. The maximum Gasteiger partial charge on any atom is 0.356 e. The van der Waals surface area contributed by atoms with Gasteiger partial charge in [-0.1, -0.05) is 0 Å². The normalized spacial score (nSPS) is 24.1. The first-order valence-corrected chi connectivity index (χ1v) is 7.05. The van der Waals surface area contributed by atoms with Crippen LogP contribution in [0.25, 0.3) is 0 Å². The highest BCUT2D eigenvalue weighted by Gasteiger charge is 2.35. The van der Waals surface area contributed by atoms with Crippen LogP contribution >= 0.6 is 0 Å². The van der Waals surface area contributed by atoms with E-state index in [1.807, 2.05) is 0 Å².